The fraction of sp³-hybridized carbons (Fsp3) is 1.00. The van der Waals surface area contributed by atoms with Crippen molar-refractivity contribution in [2.75, 3.05) is 52.8 Å². The monoisotopic (exact) mass is 295 g/mol. The van der Waals surface area contributed by atoms with E-state index in [1.54, 1.807) is 26.0 Å². The van der Waals surface area contributed by atoms with Crippen LogP contribution in [0.25, 0.3) is 0 Å². The Bertz CT molecular complexity index is 189. The van der Waals surface area contributed by atoms with E-state index in [-0.39, 0.29) is 5.62 Å². The molecule has 0 aromatic carbocycles. The molecule has 1 unspecified atom stereocenters. The van der Waals surface area contributed by atoms with E-state index in [1.807, 2.05) is 0 Å². The lowest BCUT2D eigenvalue weighted by atomic mass is 10.3. The molecule has 0 rings (SSSR count). The van der Waals surface area contributed by atoms with Crippen molar-refractivity contribution in [3.8, 4) is 0 Å². The zero-order valence-corrected chi connectivity index (χ0v) is 13.4. The number of thioether (sulfide) groups is 1. The van der Waals surface area contributed by atoms with Gasteiger partial charge in [0.1, 0.15) is 0 Å². The van der Waals surface area contributed by atoms with Crippen LogP contribution in [0.4, 0.5) is 0 Å². The molecule has 6 heteroatoms. The Morgan fingerprint density at radius 1 is 1.16 bits per heavy atom. The Hall–Kier alpha value is 0.150. The van der Waals surface area contributed by atoms with Crippen LogP contribution >= 0.6 is 11.8 Å². The predicted molar refractivity (Wildman–Crippen MR) is 79.5 cm³/mol. The fourth-order valence-electron chi connectivity index (χ4n) is 1.62. The largest absolute Gasteiger partial charge is 0.389 e. The van der Waals surface area contributed by atoms with E-state index in [0.29, 0.717) is 19.8 Å². The average Bonchev–Trinajstić information content (AvgIpc) is 2.44. The first-order chi connectivity index (χ1) is 9.17. The van der Waals surface area contributed by atoms with Gasteiger partial charge in [-0.25, -0.2) is 0 Å². The minimum absolute atomic E-state index is 0.201. The maximum Gasteiger partial charge on any atom is 0.206 e. The van der Waals surface area contributed by atoms with E-state index in [1.165, 1.54) is 0 Å². The summed E-state index contributed by atoms with van der Waals surface area (Å²) < 4.78 is 15.6. The lowest BCUT2D eigenvalue weighted by Gasteiger charge is -2.21. The molecule has 0 saturated heterocycles. The molecule has 1 N–H and O–H groups in total. The fourth-order valence-corrected chi connectivity index (χ4v) is 2.37. The van der Waals surface area contributed by atoms with E-state index >= 15 is 0 Å². The first-order valence-electron chi connectivity index (χ1n) is 6.83. The Balaban J connectivity index is 3.43. The van der Waals surface area contributed by atoms with Gasteiger partial charge in [-0.15, -0.1) is 11.8 Å². The summed E-state index contributed by atoms with van der Waals surface area (Å²) in [5.74, 6) is 0.915. The number of rotatable bonds is 13. The molecular weight excluding hydrogens is 266 g/mol. The zero-order chi connectivity index (χ0) is 14.5. The second-order valence-corrected chi connectivity index (χ2v) is 5.33. The van der Waals surface area contributed by atoms with Gasteiger partial charge in [0.25, 0.3) is 0 Å². The molecule has 116 valence electrons. The summed E-state index contributed by atoms with van der Waals surface area (Å²) in [5.41, 5.74) is -0.201. The van der Waals surface area contributed by atoms with Crippen LogP contribution in [-0.2, 0) is 14.2 Å². The van der Waals surface area contributed by atoms with Crippen molar-refractivity contribution >= 4 is 11.8 Å². The maximum atomic E-state index is 9.79. The van der Waals surface area contributed by atoms with E-state index in [9.17, 15) is 5.11 Å². The van der Waals surface area contributed by atoms with Crippen molar-refractivity contribution in [3.05, 3.63) is 0 Å². The number of likely N-dealkylation sites (N-methyl/N-ethyl adjacent to an activating group) is 1. The van der Waals surface area contributed by atoms with Gasteiger partial charge in [0, 0.05) is 33.1 Å². The van der Waals surface area contributed by atoms with Crippen LogP contribution in [0.2, 0.25) is 0 Å². The van der Waals surface area contributed by atoms with E-state index in [4.69, 9.17) is 14.2 Å². The molecule has 0 bridgehead atoms. The number of ether oxygens (including phenoxy) is 3. The summed E-state index contributed by atoms with van der Waals surface area (Å²) in [6, 6.07) is 0. The van der Waals surface area contributed by atoms with Gasteiger partial charge in [0.15, 0.2) is 0 Å². The SMILES string of the molecule is CCN(CC)CC(O)COCCCSC(OC)OC. The van der Waals surface area contributed by atoms with Crippen LogP contribution < -0.4 is 0 Å². The standard InChI is InChI=1S/C13H29NO4S/c1-5-14(6-2)10-12(15)11-18-8-7-9-19-13(16-3)17-4/h12-13,15H,5-11H2,1-4H3. The van der Waals surface area contributed by atoms with Gasteiger partial charge >= 0.3 is 0 Å². The molecule has 0 aromatic rings. The Morgan fingerprint density at radius 2 is 1.79 bits per heavy atom. The molecule has 0 radical (unpaired) electrons. The third-order valence-corrected chi connectivity index (χ3v) is 3.93. The van der Waals surface area contributed by atoms with Crippen LogP contribution in [0.3, 0.4) is 0 Å². The number of hydrogen-bond acceptors (Lipinski definition) is 6. The number of methoxy groups -OCH3 is 2. The quantitative estimate of drug-likeness (QED) is 0.409. The van der Waals surface area contributed by atoms with Crippen molar-refractivity contribution in [2.45, 2.75) is 32.0 Å². The van der Waals surface area contributed by atoms with E-state index in [2.05, 4.69) is 18.7 Å². The van der Waals surface area contributed by atoms with Crippen molar-refractivity contribution in [3.63, 3.8) is 0 Å². The molecule has 0 amide bonds. The summed E-state index contributed by atoms with van der Waals surface area (Å²) in [6.45, 7) is 7.84. The van der Waals surface area contributed by atoms with Gasteiger partial charge < -0.3 is 24.2 Å². The highest BCUT2D eigenvalue weighted by atomic mass is 32.2. The Labute approximate surface area is 121 Å². The average molecular weight is 295 g/mol. The third-order valence-electron chi connectivity index (χ3n) is 2.75. The molecule has 0 spiro atoms. The lowest BCUT2D eigenvalue weighted by molar-refractivity contribution is -0.0344. The molecule has 19 heavy (non-hydrogen) atoms. The minimum atomic E-state index is -0.404. The molecule has 0 aliphatic rings. The molecule has 0 fully saturated rings. The highest BCUT2D eigenvalue weighted by Crippen LogP contribution is 2.12. The smallest absolute Gasteiger partial charge is 0.206 e. The summed E-state index contributed by atoms with van der Waals surface area (Å²) >= 11 is 1.60. The lowest BCUT2D eigenvalue weighted by Crippen LogP contribution is -2.34. The van der Waals surface area contributed by atoms with Crippen LogP contribution in [0.1, 0.15) is 20.3 Å². The highest BCUT2D eigenvalue weighted by molar-refractivity contribution is 7.99. The van der Waals surface area contributed by atoms with E-state index in [0.717, 1.165) is 25.3 Å². The molecule has 1 atom stereocenters. The highest BCUT2D eigenvalue weighted by Gasteiger charge is 2.09. The molecule has 0 saturated carbocycles. The van der Waals surface area contributed by atoms with Gasteiger partial charge in [-0.05, 0) is 19.5 Å². The summed E-state index contributed by atoms with van der Waals surface area (Å²) in [4.78, 5) is 2.19. The second kappa shape index (κ2) is 13.1. The normalized spacial score (nSPS) is 13.4. The van der Waals surface area contributed by atoms with Crippen LogP contribution in [0.5, 0.6) is 0 Å². The van der Waals surface area contributed by atoms with Crippen molar-refractivity contribution in [1.29, 1.82) is 0 Å². The Morgan fingerprint density at radius 3 is 2.32 bits per heavy atom. The summed E-state index contributed by atoms with van der Waals surface area (Å²) in [5, 5.41) is 9.79. The van der Waals surface area contributed by atoms with E-state index < -0.39 is 6.10 Å². The molecule has 0 aliphatic heterocycles. The van der Waals surface area contributed by atoms with Gasteiger partial charge in [0.05, 0.1) is 12.7 Å². The molecular formula is C13H29NO4S. The molecule has 0 aromatic heterocycles. The minimum Gasteiger partial charge on any atom is -0.389 e. The van der Waals surface area contributed by atoms with Crippen molar-refractivity contribution < 1.29 is 19.3 Å². The van der Waals surface area contributed by atoms with Crippen LogP contribution in [0.15, 0.2) is 0 Å². The summed E-state index contributed by atoms with van der Waals surface area (Å²) in [7, 11) is 3.25. The molecule has 0 heterocycles. The molecule has 0 aliphatic carbocycles. The van der Waals surface area contributed by atoms with Crippen molar-refractivity contribution in [2.24, 2.45) is 0 Å². The first-order valence-corrected chi connectivity index (χ1v) is 7.88. The number of aliphatic hydroxyl groups is 1. The summed E-state index contributed by atoms with van der Waals surface area (Å²) in [6.07, 6.45) is 0.518. The van der Waals surface area contributed by atoms with Gasteiger partial charge in [0.2, 0.25) is 5.62 Å². The van der Waals surface area contributed by atoms with Crippen molar-refractivity contribution in [1.82, 2.24) is 4.90 Å². The van der Waals surface area contributed by atoms with Gasteiger partial charge in [-0.3, -0.25) is 0 Å². The molecule has 5 nitrogen and oxygen atoms in total. The van der Waals surface area contributed by atoms with Crippen LogP contribution in [-0.4, -0.2) is 74.6 Å². The van der Waals surface area contributed by atoms with Crippen LogP contribution in [0, 0.1) is 0 Å². The number of aliphatic hydroxyl groups excluding tert-OH is 1. The third kappa shape index (κ3) is 10.6. The number of nitrogens with zero attached hydrogens (tertiary/aromatic N) is 1. The topological polar surface area (TPSA) is 51.2 Å². The predicted octanol–water partition coefficient (Wildman–Crippen LogP) is 1.41. The number of hydrogen-bond donors (Lipinski definition) is 1. The second-order valence-electron chi connectivity index (χ2n) is 4.20. The maximum absolute atomic E-state index is 9.79. The Kier molecular flexibility index (Phi) is 13.3. The zero-order valence-electron chi connectivity index (χ0n) is 12.6. The van der Waals surface area contributed by atoms with Gasteiger partial charge in [-0.2, -0.15) is 0 Å². The first kappa shape index (κ1) is 19.1. The van der Waals surface area contributed by atoms with Gasteiger partial charge in [-0.1, -0.05) is 13.8 Å².